The number of methoxy groups -OCH3 is 1. The maximum absolute atomic E-state index is 12.4. The van der Waals surface area contributed by atoms with Crippen LogP contribution in [0.4, 0.5) is 0 Å². The highest BCUT2D eigenvalue weighted by Crippen LogP contribution is 2.38. The molecule has 1 aliphatic rings. The van der Waals surface area contributed by atoms with Crippen molar-refractivity contribution in [3.63, 3.8) is 0 Å². The van der Waals surface area contributed by atoms with Crippen LogP contribution in [0, 0.1) is 0 Å². The van der Waals surface area contributed by atoms with Crippen LogP contribution in [-0.4, -0.2) is 25.1 Å². The second-order valence-electron chi connectivity index (χ2n) is 7.48. The Bertz CT molecular complexity index is 993. The van der Waals surface area contributed by atoms with Crippen LogP contribution in [-0.2, 0) is 9.53 Å². The monoisotopic (exact) mass is 471 g/mol. The number of esters is 1. The van der Waals surface area contributed by atoms with Gasteiger partial charge >= 0.3 is 5.97 Å². The quantitative estimate of drug-likeness (QED) is 0.361. The smallest absolute Gasteiger partial charge is 0.363 e. The van der Waals surface area contributed by atoms with Gasteiger partial charge in [-0.25, -0.2) is 9.79 Å². The number of carbonyl (C=O) groups excluding carboxylic acids is 1. The van der Waals surface area contributed by atoms with Crippen LogP contribution in [0.25, 0.3) is 6.08 Å². The van der Waals surface area contributed by atoms with Gasteiger partial charge in [-0.05, 0) is 76.7 Å². The lowest BCUT2D eigenvalue weighted by Crippen LogP contribution is -2.11. The zero-order chi connectivity index (χ0) is 21.8. The molecule has 158 valence electrons. The summed E-state index contributed by atoms with van der Waals surface area (Å²) in [5.74, 6) is 1.48. The molecule has 1 atom stereocenters. The maximum Gasteiger partial charge on any atom is 0.363 e. The first-order valence-corrected chi connectivity index (χ1v) is 10.8. The molecule has 30 heavy (non-hydrogen) atoms. The van der Waals surface area contributed by atoms with Crippen molar-refractivity contribution in [1.82, 2.24) is 0 Å². The van der Waals surface area contributed by atoms with Crippen LogP contribution in [0.3, 0.4) is 0 Å². The number of aliphatic imine (C=N–C) groups is 1. The molecule has 0 N–H and O–H groups in total. The fraction of sp³-hybridized carbons (Fsp3) is 0.333. The number of benzene rings is 2. The second kappa shape index (κ2) is 9.47. The Labute approximate surface area is 185 Å². The van der Waals surface area contributed by atoms with Crippen molar-refractivity contribution in [2.24, 2.45) is 4.99 Å². The van der Waals surface area contributed by atoms with Gasteiger partial charge in [0.25, 0.3) is 0 Å². The predicted octanol–water partition coefficient (Wildman–Crippen LogP) is 6.10. The topological polar surface area (TPSA) is 57.1 Å². The molecule has 1 aliphatic heterocycles. The van der Waals surface area contributed by atoms with Crippen LogP contribution in [0.15, 0.2) is 51.6 Å². The highest BCUT2D eigenvalue weighted by molar-refractivity contribution is 9.10. The van der Waals surface area contributed by atoms with E-state index in [4.69, 9.17) is 14.2 Å². The molecule has 2 aromatic rings. The molecule has 0 aromatic heterocycles. The molecule has 5 nitrogen and oxygen atoms in total. The van der Waals surface area contributed by atoms with E-state index in [1.54, 1.807) is 13.2 Å². The molecule has 2 aromatic carbocycles. The first-order chi connectivity index (χ1) is 14.3. The summed E-state index contributed by atoms with van der Waals surface area (Å²) in [7, 11) is 1.59. The molecule has 1 unspecified atom stereocenters. The van der Waals surface area contributed by atoms with E-state index in [9.17, 15) is 4.79 Å². The summed E-state index contributed by atoms with van der Waals surface area (Å²) in [5, 5.41) is 0. The summed E-state index contributed by atoms with van der Waals surface area (Å²) in [6, 6.07) is 11.6. The van der Waals surface area contributed by atoms with E-state index in [1.807, 2.05) is 43.3 Å². The third kappa shape index (κ3) is 4.93. The van der Waals surface area contributed by atoms with E-state index in [0.29, 0.717) is 23.3 Å². The van der Waals surface area contributed by atoms with Crippen molar-refractivity contribution in [2.45, 2.75) is 46.1 Å². The fourth-order valence-corrected chi connectivity index (χ4v) is 3.48. The molecular formula is C24H26BrNO4. The van der Waals surface area contributed by atoms with Gasteiger partial charge in [-0.15, -0.1) is 0 Å². The van der Waals surface area contributed by atoms with Crippen molar-refractivity contribution in [3.8, 4) is 11.5 Å². The molecule has 0 saturated heterocycles. The molecule has 0 aliphatic carbocycles. The summed E-state index contributed by atoms with van der Waals surface area (Å²) >= 11 is 3.54. The minimum Gasteiger partial charge on any atom is -0.493 e. The van der Waals surface area contributed by atoms with Gasteiger partial charge in [0.15, 0.2) is 17.2 Å². The number of cyclic esters (lactones) is 1. The van der Waals surface area contributed by atoms with E-state index in [2.05, 4.69) is 41.7 Å². The number of hydrogen-bond donors (Lipinski definition) is 0. The normalized spacial score (nSPS) is 15.9. The average Bonchev–Trinajstić information content (AvgIpc) is 3.09. The van der Waals surface area contributed by atoms with E-state index in [1.165, 1.54) is 5.56 Å². The van der Waals surface area contributed by atoms with Crippen molar-refractivity contribution in [1.29, 1.82) is 0 Å². The average molecular weight is 472 g/mol. The minimum atomic E-state index is -0.479. The molecule has 1 heterocycles. The van der Waals surface area contributed by atoms with Crippen LogP contribution in [0.5, 0.6) is 11.5 Å². The van der Waals surface area contributed by atoms with Crippen molar-refractivity contribution >= 4 is 33.9 Å². The Morgan fingerprint density at radius 2 is 1.87 bits per heavy atom. The number of nitrogens with zero attached hydrogens (tertiary/aromatic N) is 1. The predicted molar refractivity (Wildman–Crippen MR) is 122 cm³/mol. The maximum atomic E-state index is 12.4. The van der Waals surface area contributed by atoms with Crippen LogP contribution < -0.4 is 9.47 Å². The van der Waals surface area contributed by atoms with Crippen molar-refractivity contribution in [2.75, 3.05) is 7.11 Å². The van der Waals surface area contributed by atoms with Crippen LogP contribution in [0.2, 0.25) is 0 Å². The summed E-state index contributed by atoms with van der Waals surface area (Å²) in [4.78, 5) is 16.8. The zero-order valence-corrected chi connectivity index (χ0v) is 19.4. The molecule has 0 spiro atoms. The Morgan fingerprint density at radius 3 is 2.47 bits per heavy atom. The zero-order valence-electron chi connectivity index (χ0n) is 17.9. The van der Waals surface area contributed by atoms with Gasteiger partial charge in [0, 0.05) is 5.56 Å². The summed E-state index contributed by atoms with van der Waals surface area (Å²) in [6.07, 6.45) is 2.61. The minimum absolute atomic E-state index is 0.0541. The Kier molecular flexibility index (Phi) is 6.98. The van der Waals surface area contributed by atoms with E-state index in [0.717, 1.165) is 22.0 Å². The lowest BCUT2D eigenvalue weighted by molar-refractivity contribution is -0.129. The number of rotatable bonds is 7. The number of carbonyl (C=O) groups is 1. The van der Waals surface area contributed by atoms with Crippen LogP contribution in [0.1, 0.15) is 56.7 Å². The molecule has 6 heteroatoms. The van der Waals surface area contributed by atoms with Crippen LogP contribution >= 0.6 is 15.9 Å². The molecule has 0 bridgehead atoms. The Balaban J connectivity index is 1.90. The summed E-state index contributed by atoms with van der Waals surface area (Å²) in [5.41, 5.74) is 2.98. The third-order valence-corrected chi connectivity index (χ3v) is 5.48. The number of halogens is 1. The van der Waals surface area contributed by atoms with Gasteiger partial charge < -0.3 is 14.2 Å². The first-order valence-electron chi connectivity index (χ1n) is 9.99. The van der Waals surface area contributed by atoms with Crippen molar-refractivity contribution in [3.05, 3.63) is 63.3 Å². The number of ether oxygens (including phenoxy) is 3. The van der Waals surface area contributed by atoms with E-state index < -0.39 is 5.97 Å². The standard InChI is InChI=1S/C24H26BrNO4/c1-6-15(4)29-22-19(25)11-16(13-21(22)28-5)12-20-24(27)30-23(26-20)18-9-7-17(8-10-18)14(2)3/h7-15H,6H2,1-5H3/b20-12-. The molecule has 3 rings (SSSR count). The van der Waals surface area contributed by atoms with Crippen molar-refractivity contribution < 1.29 is 19.0 Å². The van der Waals surface area contributed by atoms with Gasteiger partial charge in [0.2, 0.25) is 5.90 Å². The Hall–Kier alpha value is -2.60. The lowest BCUT2D eigenvalue weighted by atomic mass is 10.0. The van der Waals surface area contributed by atoms with Gasteiger partial charge in [0.05, 0.1) is 17.7 Å². The second-order valence-corrected chi connectivity index (χ2v) is 8.34. The highest BCUT2D eigenvalue weighted by Gasteiger charge is 2.24. The highest BCUT2D eigenvalue weighted by atomic mass is 79.9. The Morgan fingerprint density at radius 1 is 1.17 bits per heavy atom. The lowest BCUT2D eigenvalue weighted by Gasteiger charge is -2.17. The van der Waals surface area contributed by atoms with E-state index in [-0.39, 0.29) is 11.8 Å². The third-order valence-electron chi connectivity index (χ3n) is 4.89. The fourth-order valence-electron chi connectivity index (χ4n) is 2.92. The summed E-state index contributed by atoms with van der Waals surface area (Å²) in [6.45, 7) is 8.32. The number of hydrogen-bond acceptors (Lipinski definition) is 5. The van der Waals surface area contributed by atoms with Gasteiger partial charge in [0.1, 0.15) is 0 Å². The molecule has 0 radical (unpaired) electrons. The molecule has 0 saturated carbocycles. The SMILES string of the molecule is CCC(C)Oc1c(Br)cc(/C=C2\N=C(c3ccc(C(C)C)cc3)OC2=O)cc1OC. The molecular weight excluding hydrogens is 446 g/mol. The molecule has 0 amide bonds. The summed E-state index contributed by atoms with van der Waals surface area (Å²) < 4.78 is 17.6. The van der Waals surface area contributed by atoms with Gasteiger partial charge in [-0.3, -0.25) is 0 Å². The van der Waals surface area contributed by atoms with E-state index >= 15 is 0 Å². The van der Waals surface area contributed by atoms with Gasteiger partial charge in [-0.1, -0.05) is 32.9 Å². The largest absolute Gasteiger partial charge is 0.493 e. The molecule has 0 fully saturated rings. The first kappa shape index (κ1) is 22.1. The van der Waals surface area contributed by atoms with Gasteiger partial charge in [-0.2, -0.15) is 0 Å².